The Kier molecular flexibility index (Phi) is 3.59. The Bertz CT molecular complexity index is 478. The Morgan fingerprint density at radius 3 is 2.58 bits per heavy atom. The number of nitrogens with zero attached hydrogens (tertiary/aromatic N) is 2. The van der Waals surface area contributed by atoms with E-state index < -0.39 is 4.92 Å². The molecule has 0 aliphatic heterocycles. The van der Waals surface area contributed by atoms with E-state index in [1.54, 1.807) is 0 Å². The van der Waals surface area contributed by atoms with E-state index >= 15 is 0 Å². The maximum absolute atomic E-state index is 10.6. The van der Waals surface area contributed by atoms with Crippen molar-refractivity contribution in [2.75, 3.05) is 5.73 Å². The van der Waals surface area contributed by atoms with E-state index in [0.717, 1.165) is 25.7 Å². The van der Waals surface area contributed by atoms with Crippen LogP contribution in [0, 0.1) is 15.5 Å². The molecular formula is C13H19N3O3. The first-order valence-electron chi connectivity index (χ1n) is 6.45. The third kappa shape index (κ3) is 3.33. The number of pyridine rings is 1. The lowest BCUT2D eigenvalue weighted by molar-refractivity contribution is -0.384. The molecule has 104 valence electrons. The maximum atomic E-state index is 10.6. The van der Waals surface area contributed by atoms with Crippen LogP contribution in [0.15, 0.2) is 12.1 Å². The molecule has 0 bridgehead atoms. The van der Waals surface area contributed by atoms with Gasteiger partial charge in [-0.1, -0.05) is 13.8 Å². The molecule has 1 fully saturated rings. The van der Waals surface area contributed by atoms with Crippen molar-refractivity contribution >= 4 is 11.5 Å². The van der Waals surface area contributed by atoms with Gasteiger partial charge < -0.3 is 10.5 Å². The predicted molar refractivity (Wildman–Crippen MR) is 72.0 cm³/mol. The molecule has 1 aliphatic carbocycles. The monoisotopic (exact) mass is 265 g/mol. The van der Waals surface area contributed by atoms with Crippen molar-refractivity contribution in [1.82, 2.24) is 4.98 Å². The van der Waals surface area contributed by atoms with E-state index in [4.69, 9.17) is 10.5 Å². The first-order chi connectivity index (χ1) is 8.87. The van der Waals surface area contributed by atoms with Crippen molar-refractivity contribution in [1.29, 1.82) is 0 Å². The summed E-state index contributed by atoms with van der Waals surface area (Å²) in [5.41, 5.74) is 5.73. The predicted octanol–water partition coefficient (Wildman–Crippen LogP) is 2.92. The number of nitrogens with two attached hydrogens (primary N) is 1. The highest BCUT2D eigenvalue weighted by molar-refractivity contribution is 5.53. The summed E-state index contributed by atoms with van der Waals surface area (Å²) in [6.07, 6.45) is 4.30. The van der Waals surface area contributed by atoms with Crippen molar-refractivity contribution in [3.63, 3.8) is 0 Å². The second-order valence-electron chi connectivity index (χ2n) is 5.79. The van der Waals surface area contributed by atoms with Gasteiger partial charge in [0.25, 0.3) is 0 Å². The van der Waals surface area contributed by atoms with E-state index in [9.17, 15) is 10.1 Å². The highest BCUT2D eigenvalue weighted by Crippen LogP contribution is 2.36. The molecule has 6 nitrogen and oxygen atoms in total. The fraction of sp³-hybridized carbons (Fsp3) is 0.615. The summed E-state index contributed by atoms with van der Waals surface area (Å²) in [5, 5.41) is 10.6. The standard InChI is InChI=1S/C13H19N3O3/c1-13(2)7-5-9(6-8-13)19-11-4-3-10(16(17)18)12(14)15-11/h3-4,9H,5-8H2,1-2H3,(H2,14,15). The fourth-order valence-corrected chi connectivity index (χ4v) is 2.33. The van der Waals surface area contributed by atoms with Crippen LogP contribution in [-0.4, -0.2) is 16.0 Å². The van der Waals surface area contributed by atoms with E-state index in [0.29, 0.717) is 11.3 Å². The first-order valence-corrected chi connectivity index (χ1v) is 6.45. The molecule has 19 heavy (non-hydrogen) atoms. The summed E-state index contributed by atoms with van der Waals surface area (Å²) >= 11 is 0. The van der Waals surface area contributed by atoms with Crippen molar-refractivity contribution in [3.8, 4) is 5.88 Å². The van der Waals surface area contributed by atoms with Crippen molar-refractivity contribution in [3.05, 3.63) is 22.2 Å². The van der Waals surface area contributed by atoms with Crippen LogP contribution in [0.4, 0.5) is 11.5 Å². The third-order valence-corrected chi connectivity index (χ3v) is 3.65. The molecular weight excluding hydrogens is 246 g/mol. The Hall–Kier alpha value is -1.85. The van der Waals surface area contributed by atoms with Gasteiger partial charge in [-0.2, -0.15) is 4.98 Å². The Balaban J connectivity index is 2.01. The lowest BCUT2D eigenvalue weighted by Crippen LogP contribution is -2.28. The number of ether oxygens (including phenoxy) is 1. The maximum Gasteiger partial charge on any atom is 0.311 e. The van der Waals surface area contributed by atoms with Crippen LogP contribution >= 0.6 is 0 Å². The summed E-state index contributed by atoms with van der Waals surface area (Å²) in [6, 6.07) is 2.85. The summed E-state index contributed by atoms with van der Waals surface area (Å²) < 4.78 is 5.75. The molecule has 0 amide bonds. The zero-order valence-corrected chi connectivity index (χ0v) is 11.3. The summed E-state index contributed by atoms with van der Waals surface area (Å²) in [7, 11) is 0. The normalized spacial score (nSPS) is 19.1. The minimum absolute atomic E-state index is 0.0985. The van der Waals surface area contributed by atoms with Crippen LogP contribution in [0.2, 0.25) is 0 Å². The highest BCUT2D eigenvalue weighted by atomic mass is 16.6. The van der Waals surface area contributed by atoms with Gasteiger partial charge in [0.15, 0.2) is 0 Å². The van der Waals surface area contributed by atoms with Crippen LogP contribution in [0.5, 0.6) is 5.88 Å². The second kappa shape index (κ2) is 5.03. The van der Waals surface area contributed by atoms with Crippen molar-refractivity contribution < 1.29 is 9.66 Å². The zero-order valence-electron chi connectivity index (χ0n) is 11.3. The Labute approximate surface area is 112 Å². The van der Waals surface area contributed by atoms with Gasteiger partial charge in [0.2, 0.25) is 11.7 Å². The molecule has 0 unspecified atom stereocenters. The summed E-state index contributed by atoms with van der Waals surface area (Å²) in [6.45, 7) is 4.51. The molecule has 1 aromatic rings. The van der Waals surface area contributed by atoms with Crippen LogP contribution in [0.3, 0.4) is 0 Å². The molecule has 0 radical (unpaired) electrons. The lowest BCUT2D eigenvalue weighted by atomic mass is 9.76. The molecule has 1 aliphatic rings. The molecule has 6 heteroatoms. The van der Waals surface area contributed by atoms with Gasteiger partial charge in [0.05, 0.1) is 4.92 Å². The topological polar surface area (TPSA) is 91.3 Å². The smallest absolute Gasteiger partial charge is 0.311 e. The summed E-state index contributed by atoms with van der Waals surface area (Å²) in [5.74, 6) is 0.270. The molecule has 2 rings (SSSR count). The van der Waals surface area contributed by atoms with Gasteiger partial charge in [-0.3, -0.25) is 10.1 Å². The largest absolute Gasteiger partial charge is 0.474 e. The minimum Gasteiger partial charge on any atom is -0.474 e. The Morgan fingerprint density at radius 1 is 1.42 bits per heavy atom. The van der Waals surface area contributed by atoms with E-state index in [1.165, 1.54) is 12.1 Å². The van der Waals surface area contributed by atoms with Gasteiger partial charge in [-0.05, 0) is 31.1 Å². The van der Waals surface area contributed by atoms with Gasteiger partial charge in [0.1, 0.15) is 6.10 Å². The molecule has 1 aromatic heterocycles. The Morgan fingerprint density at radius 2 is 2.05 bits per heavy atom. The van der Waals surface area contributed by atoms with Gasteiger partial charge in [-0.25, -0.2) is 0 Å². The SMILES string of the molecule is CC1(C)CCC(Oc2ccc([N+](=O)[O-])c(N)n2)CC1. The number of aromatic nitrogens is 1. The van der Waals surface area contributed by atoms with Gasteiger partial charge >= 0.3 is 5.69 Å². The molecule has 0 saturated heterocycles. The van der Waals surface area contributed by atoms with Crippen LogP contribution in [-0.2, 0) is 0 Å². The van der Waals surface area contributed by atoms with Gasteiger partial charge in [0, 0.05) is 12.1 Å². The van der Waals surface area contributed by atoms with E-state index in [1.807, 2.05) is 0 Å². The molecule has 2 N–H and O–H groups in total. The van der Waals surface area contributed by atoms with Crippen LogP contribution < -0.4 is 10.5 Å². The van der Waals surface area contributed by atoms with E-state index in [2.05, 4.69) is 18.8 Å². The molecule has 1 saturated carbocycles. The van der Waals surface area contributed by atoms with Crippen molar-refractivity contribution in [2.45, 2.75) is 45.6 Å². The number of hydrogen-bond acceptors (Lipinski definition) is 5. The zero-order chi connectivity index (χ0) is 14.0. The van der Waals surface area contributed by atoms with Crippen LogP contribution in [0.1, 0.15) is 39.5 Å². The molecule has 0 spiro atoms. The summed E-state index contributed by atoms with van der Waals surface area (Å²) in [4.78, 5) is 14.0. The number of nitro groups is 1. The first kappa shape index (κ1) is 13.6. The number of anilines is 1. The average Bonchev–Trinajstić information content (AvgIpc) is 2.31. The van der Waals surface area contributed by atoms with Gasteiger partial charge in [-0.15, -0.1) is 0 Å². The lowest BCUT2D eigenvalue weighted by Gasteiger charge is -2.34. The molecule has 1 heterocycles. The third-order valence-electron chi connectivity index (χ3n) is 3.65. The average molecular weight is 265 g/mol. The van der Waals surface area contributed by atoms with E-state index in [-0.39, 0.29) is 17.6 Å². The number of rotatable bonds is 3. The molecule has 0 atom stereocenters. The van der Waals surface area contributed by atoms with Crippen molar-refractivity contribution in [2.24, 2.45) is 5.41 Å². The highest BCUT2D eigenvalue weighted by Gasteiger charge is 2.28. The number of nitrogen functional groups attached to an aromatic ring is 1. The second-order valence-corrected chi connectivity index (χ2v) is 5.79. The quantitative estimate of drug-likeness (QED) is 0.670. The van der Waals surface area contributed by atoms with Crippen LogP contribution in [0.25, 0.3) is 0 Å². The minimum atomic E-state index is -0.546. The number of hydrogen-bond donors (Lipinski definition) is 1. The molecule has 0 aromatic carbocycles. The fourth-order valence-electron chi connectivity index (χ4n) is 2.33.